The maximum atomic E-state index is 12.2. The number of hydrogen-bond donors (Lipinski definition) is 2. The van der Waals surface area contributed by atoms with Crippen molar-refractivity contribution in [3.8, 4) is 27.7 Å². The Kier molecular flexibility index (Phi) is 3.42. The minimum absolute atomic E-state index is 0.182. The lowest BCUT2D eigenvalue weighted by molar-refractivity contribution is 0.454. The van der Waals surface area contributed by atoms with Gasteiger partial charge in [-0.1, -0.05) is 30.3 Å². The number of H-pyrrole nitrogens is 1. The molecule has 0 aliphatic heterocycles. The number of aromatic hydroxyl groups is 1. The van der Waals surface area contributed by atoms with E-state index < -0.39 is 0 Å². The summed E-state index contributed by atoms with van der Waals surface area (Å²) in [5, 5.41) is 12.0. The number of thiophene rings is 1. The van der Waals surface area contributed by atoms with Crippen molar-refractivity contribution in [2.24, 2.45) is 0 Å². The minimum atomic E-state index is -0.362. The average molecular weight is 349 g/mol. The molecule has 0 bridgehead atoms. The predicted molar refractivity (Wildman–Crippen MR) is 83.0 cm³/mol. The van der Waals surface area contributed by atoms with Gasteiger partial charge in [0.05, 0.1) is 4.88 Å². The van der Waals surface area contributed by atoms with Crippen LogP contribution in [0.5, 0.6) is 5.88 Å². The molecule has 100 valence electrons. The first-order valence-electron chi connectivity index (χ1n) is 5.79. The molecule has 0 saturated heterocycles. The van der Waals surface area contributed by atoms with Gasteiger partial charge in [-0.25, -0.2) is 0 Å². The molecule has 3 rings (SSSR count). The molecular weight excluding hydrogens is 340 g/mol. The number of benzene rings is 1. The Morgan fingerprint density at radius 1 is 1.20 bits per heavy atom. The van der Waals surface area contributed by atoms with Crippen LogP contribution in [0.3, 0.4) is 0 Å². The highest BCUT2D eigenvalue weighted by molar-refractivity contribution is 9.10. The van der Waals surface area contributed by atoms with Gasteiger partial charge in [-0.15, -0.1) is 11.3 Å². The van der Waals surface area contributed by atoms with Crippen molar-refractivity contribution < 1.29 is 5.11 Å². The SMILES string of the molecule is O=c1[nH]c(-c2sccc2Br)nc(O)c1-c1ccccc1. The number of aromatic nitrogens is 2. The minimum Gasteiger partial charge on any atom is -0.493 e. The van der Waals surface area contributed by atoms with E-state index in [9.17, 15) is 9.90 Å². The lowest BCUT2D eigenvalue weighted by atomic mass is 10.1. The topological polar surface area (TPSA) is 66.0 Å². The Bertz CT molecular complexity index is 812. The summed E-state index contributed by atoms with van der Waals surface area (Å²) in [6.45, 7) is 0. The molecule has 4 nitrogen and oxygen atoms in total. The molecule has 0 spiro atoms. The van der Waals surface area contributed by atoms with E-state index in [4.69, 9.17) is 0 Å². The molecule has 2 heterocycles. The second kappa shape index (κ2) is 5.22. The first-order chi connectivity index (χ1) is 9.66. The highest BCUT2D eigenvalue weighted by atomic mass is 79.9. The highest BCUT2D eigenvalue weighted by Gasteiger charge is 2.15. The third-order valence-corrected chi connectivity index (χ3v) is 4.64. The summed E-state index contributed by atoms with van der Waals surface area (Å²) >= 11 is 4.81. The van der Waals surface area contributed by atoms with Gasteiger partial charge in [-0.3, -0.25) is 4.79 Å². The van der Waals surface area contributed by atoms with Gasteiger partial charge in [0.2, 0.25) is 5.88 Å². The van der Waals surface area contributed by atoms with Gasteiger partial charge in [0, 0.05) is 4.47 Å². The molecule has 2 aromatic heterocycles. The van der Waals surface area contributed by atoms with Crippen LogP contribution in [0, 0.1) is 0 Å². The largest absolute Gasteiger partial charge is 0.493 e. The van der Waals surface area contributed by atoms with Crippen LogP contribution in [-0.2, 0) is 0 Å². The van der Waals surface area contributed by atoms with Crippen molar-refractivity contribution in [3.05, 3.63) is 56.6 Å². The van der Waals surface area contributed by atoms with Gasteiger partial charge >= 0.3 is 0 Å². The van der Waals surface area contributed by atoms with Gasteiger partial charge in [0.25, 0.3) is 5.56 Å². The monoisotopic (exact) mass is 348 g/mol. The van der Waals surface area contributed by atoms with E-state index in [-0.39, 0.29) is 17.0 Å². The van der Waals surface area contributed by atoms with E-state index >= 15 is 0 Å². The molecule has 0 aliphatic carbocycles. The molecule has 0 unspecified atom stereocenters. The first kappa shape index (κ1) is 13.1. The van der Waals surface area contributed by atoms with Crippen molar-refractivity contribution >= 4 is 27.3 Å². The standard InChI is InChI=1S/C14H9BrN2O2S/c15-9-6-7-20-11(9)12-16-13(18)10(14(19)17-12)8-4-2-1-3-5-8/h1-7H,(H2,16,17,18,19). The van der Waals surface area contributed by atoms with Crippen molar-refractivity contribution in [1.29, 1.82) is 0 Å². The Labute approximate surface area is 126 Å². The number of rotatable bonds is 2. The lowest BCUT2D eigenvalue weighted by Crippen LogP contribution is -2.11. The maximum Gasteiger partial charge on any atom is 0.262 e. The van der Waals surface area contributed by atoms with E-state index in [0.717, 1.165) is 9.35 Å². The summed E-state index contributed by atoms with van der Waals surface area (Å²) < 4.78 is 0.831. The van der Waals surface area contributed by atoms with Crippen LogP contribution in [0.25, 0.3) is 21.8 Å². The van der Waals surface area contributed by atoms with Crippen molar-refractivity contribution in [2.75, 3.05) is 0 Å². The zero-order valence-electron chi connectivity index (χ0n) is 10.1. The van der Waals surface area contributed by atoms with Gasteiger partial charge in [-0.2, -0.15) is 4.98 Å². The highest BCUT2D eigenvalue weighted by Crippen LogP contribution is 2.32. The Balaban J connectivity index is 2.18. The quantitative estimate of drug-likeness (QED) is 0.742. The summed E-state index contributed by atoms with van der Waals surface area (Å²) in [4.78, 5) is 19.8. The second-order valence-electron chi connectivity index (χ2n) is 4.08. The zero-order valence-corrected chi connectivity index (χ0v) is 12.5. The molecule has 1 aromatic carbocycles. The fraction of sp³-hybridized carbons (Fsp3) is 0. The molecule has 0 radical (unpaired) electrons. The Hall–Kier alpha value is -1.92. The summed E-state index contributed by atoms with van der Waals surface area (Å²) in [6, 6.07) is 10.8. The first-order valence-corrected chi connectivity index (χ1v) is 7.46. The van der Waals surface area contributed by atoms with Crippen molar-refractivity contribution in [3.63, 3.8) is 0 Å². The van der Waals surface area contributed by atoms with Crippen LogP contribution in [0.2, 0.25) is 0 Å². The van der Waals surface area contributed by atoms with Crippen LogP contribution in [-0.4, -0.2) is 15.1 Å². The van der Waals surface area contributed by atoms with Crippen LogP contribution in [0.4, 0.5) is 0 Å². The second-order valence-corrected chi connectivity index (χ2v) is 5.85. The third kappa shape index (κ3) is 2.28. The summed E-state index contributed by atoms with van der Waals surface area (Å²) in [6.07, 6.45) is 0. The Morgan fingerprint density at radius 2 is 1.95 bits per heavy atom. The van der Waals surface area contributed by atoms with Crippen LogP contribution < -0.4 is 5.56 Å². The van der Waals surface area contributed by atoms with Crippen molar-refractivity contribution in [1.82, 2.24) is 9.97 Å². The number of hydrogen-bond acceptors (Lipinski definition) is 4. The van der Waals surface area contributed by atoms with E-state index in [0.29, 0.717) is 11.4 Å². The van der Waals surface area contributed by atoms with Gasteiger partial charge in [0.15, 0.2) is 5.82 Å². The van der Waals surface area contributed by atoms with E-state index in [1.807, 2.05) is 17.5 Å². The fourth-order valence-electron chi connectivity index (χ4n) is 1.90. The molecular formula is C14H9BrN2O2S. The average Bonchev–Trinajstić information content (AvgIpc) is 2.85. The zero-order chi connectivity index (χ0) is 14.1. The normalized spacial score (nSPS) is 10.7. The Morgan fingerprint density at radius 3 is 2.55 bits per heavy atom. The van der Waals surface area contributed by atoms with Gasteiger partial charge < -0.3 is 10.1 Å². The number of aromatic amines is 1. The molecule has 0 aliphatic rings. The number of nitrogens with zero attached hydrogens (tertiary/aromatic N) is 1. The molecule has 0 saturated carbocycles. The lowest BCUT2D eigenvalue weighted by Gasteiger charge is -2.05. The molecule has 0 atom stereocenters. The predicted octanol–water partition coefficient (Wildman–Crippen LogP) is 3.63. The number of nitrogens with one attached hydrogen (secondary N) is 1. The van der Waals surface area contributed by atoms with Gasteiger partial charge in [0.1, 0.15) is 5.56 Å². The van der Waals surface area contributed by atoms with Gasteiger partial charge in [-0.05, 0) is 32.9 Å². The van der Waals surface area contributed by atoms with E-state index in [2.05, 4.69) is 25.9 Å². The van der Waals surface area contributed by atoms with Crippen LogP contribution in [0.15, 0.2) is 51.0 Å². The molecule has 0 amide bonds. The van der Waals surface area contributed by atoms with E-state index in [1.54, 1.807) is 24.3 Å². The third-order valence-electron chi connectivity index (χ3n) is 2.80. The molecule has 6 heteroatoms. The van der Waals surface area contributed by atoms with Crippen molar-refractivity contribution in [2.45, 2.75) is 0 Å². The van der Waals surface area contributed by atoms with Crippen LogP contribution >= 0.6 is 27.3 Å². The summed E-state index contributed by atoms with van der Waals surface area (Å²) in [5.41, 5.74) is 0.455. The summed E-state index contributed by atoms with van der Waals surface area (Å²) in [5.74, 6) is 0.0873. The van der Waals surface area contributed by atoms with E-state index in [1.165, 1.54) is 11.3 Å². The number of halogens is 1. The smallest absolute Gasteiger partial charge is 0.262 e. The molecule has 20 heavy (non-hydrogen) atoms. The maximum absolute atomic E-state index is 12.2. The molecule has 3 aromatic rings. The fourth-order valence-corrected chi connectivity index (χ4v) is 3.40. The molecule has 2 N–H and O–H groups in total. The molecule has 0 fully saturated rings. The summed E-state index contributed by atoms with van der Waals surface area (Å²) in [7, 11) is 0. The van der Waals surface area contributed by atoms with Crippen LogP contribution in [0.1, 0.15) is 0 Å².